The van der Waals surface area contributed by atoms with Crippen LogP contribution in [0.5, 0.6) is 0 Å². The Kier molecular flexibility index (Phi) is 3.56. The first-order valence-corrected chi connectivity index (χ1v) is 5.58. The fraction of sp³-hybridized carbons (Fsp3) is 0.583. The average Bonchev–Trinajstić information content (AvgIpc) is 2.28. The van der Waals surface area contributed by atoms with E-state index in [1.54, 1.807) is 0 Å². The molecular weight excluding hydrogens is 188 g/mol. The summed E-state index contributed by atoms with van der Waals surface area (Å²) < 4.78 is 5.33. The van der Waals surface area contributed by atoms with Crippen LogP contribution in [-0.4, -0.2) is 24.7 Å². The molecule has 0 radical (unpaired) electrons. The summed E-state index contributed by atoms with van der Waals surface area (Å²) in [5.41, 5.74) is 2.33. The van der Waals surface area contributed by atoms with Gasteiger partial charge in [0.25, 0.3) is 0 Å². The first kappa shape index (κ1) is 10.4. The minimum absolute atomic E-state index is 0.749. The largest absolute Gasteiger partial charge is 0.384 e. The van der Waals surface area contributed by atoms with E-state index in [9.17, 15) is 0 Å². The first-order valence-electron chi connectivity index (χ1n) is 5.58. The third-order valence-electron chi connectivity index (χ3n) is 2.81. The van der Waals surface area contributed by atoms with Gasteiger partial charge in [0.15, 0.2) is 0 Å². The summed E-state index contributed by atoms with van der Waals surface area (Å²) in [7, 11) is 0. The molecule has 2 heterocycles. The second kappa shape index (κ2) is 5.12. The van der Waals surface area contributed by atoms with E-state index in [0.29, 0.717) is 0 Å². The molecule has 0 bridgehead atoms. The van der Waals surface area contributed by atoms with Gasteiger partial charge in [0.05, 0.1) is 5.69 Å². The molecule has 1 aliphatic rings. The van der Waals surface area contributed by atoms with Gasteiger partial charge in [-0.2, -0.15) is 0 Å². The van der Waals surface area contributed by atoms with Crippen LogP contribution in [0.15, 0.2) is 18.5 Å². The van der Waals surface area contributed by atoms with E-state index in [1.807, 2.05) is 12.4 Å². The van der Waals surface area contributed by atoms with Gasteiger partial charge >= 0.3 is 0 Å². The predicted octanol–water partition coefficient (Wildman–Crippen LogP) is 2.23. The van der Waals surface area contributed by atoms with Crippen molar-refractivity contribution in [3.63, 3.8) is 0 Å². The molecule has 0 amide bonds. The van der Waals surface area contributed by atoms with Gasteiger partial charge in [0.1, 0.15) is 0 Å². The Morgan fingerprint density at radius 1 is 1.40 bits per heavy atom. The molecule has 1 saturated heterocycles. The molecule has 1 aromatic rings. The fourth-order valence-electron chi connectivity index (χ4n) is 1.86. The van der Waals surface area contributed by atoms with Crippen LogP contribution in [0.4, 0.5) is 5.69 Å². The molecule has 0 atom stereocenters. The Morgan fingerprint density at radius 3 is 2.93 bits per heavy atom. The number of anilines is 1. The molecule has 3 nitrogen and oxygen atoms in total. The van der Waals surface area contributed by atoms with Crippen LogP contribution in [-0.2, 0) is 4.74 Å². The normalized spacial score (nSPS) is 17.7. The van der Waals surface area contributed by atoms with Gasteiger partial charge in [0.2, 0.25) is 0 Å². The number of aryl methyl sites for hydroxylation is 1. The molecule has 0 saturated carbocycles. The quantitative estimate of drug-likeness (QED) is 0.823. The Morgan fingerprint density at radius 2 is 2.20 bits per heavy atom. The van der Waals surface area contributed by atoms with E-state index in [4.69, 9.17) is 4.74 Å². The van der Waals surface area contributed by atoms with Gasteiger partial charge in [-0.3, -0.25) is 4.98 Å². The number of aromatic nitrogens is 1. The van der Waals surface area contributed by atoms with E-state index < -0.39 is 0 Å². The number of pyridine rings is 1. The fourth-order valence-corrected chi connectivity index (χ4v) is 1.86. The monoisotopic (exact) mass is 206 g/mol. The Hall–Kier alpha value is -1.09. The van der Waals surface area contributed by atoms with Crippen molar-refractivity contribution in [3.05, 3.63) is 24.0 Å². The van der Waals surface area contributed by atoms with Crippen molar-refractivity contribution in [2.45, 2.75) is 19.8 Å². The predicted molar refractivity (Wildman–Crippen MR) is 61.0 cm³/mol. The lowest BCUT2D eigenvalue weighted by Crippen LogP contribution is -2.22. The maximum Gasteiger partial charge on any atom is 0.0529 e. The summed E-state index contributed by atoms with van der Waals surface area (Å²) in [6.07, 6.45) is 6.10. The molecule has 1 aromatic heterocycles. The lowest BCUT2D eigenvalue weighted by Gasteiger charge is -2.22. The lowest BCUT2D eigenvalue weighted by atomic mass is 10.0. The van der Waals surface area contributed by atoms with Crippen LogP contribution >= 0.6 is 0 Å². The van der Waals surface area contributed by atoms with Crippen molar-refractivity contribution >= 4 is 5.69 Å². The Balaban J connectivity index is 1.81. The summed E-state index contributed by atoms with van der Waals surface area (Å²) in [5.74, 6) is 0.749. The molecular formula is C12H18N2O. The van der Waals surface area contributed by atoms with Gasteiger partial charge in [-0.1, -0.05) is 0 Å². The SMILES string of the molecule is Cc1cncc(NCC2CCOCC2)c1. The highest BCUT2D eigenvalue weighted by Gasteiger charge is 2.12. The van der Waals surface area contributed by atoms with Crippen LogP contribution in [0.25, 0.3) is 0 Å². The molecule has 2 rings (SSSR count). The van der Waals surface area contributed by atoms with E-state index in [1.165, 1.54) is 18.4 Å². The van der Waals surface area contributed by atoms with E-state index in [2.05, 4.69) is 23.3 Å². The van der Waals surface area contributed by atoms with Gasteiger partial charge < -0.3 is 10.1 Å². The second-order valence-corrected chi connectivity index (χ2v) is 4.19. The number of nitrogens with zero attached hydrogens (tertiary/aromatic N) is 1. The number of hydrogen-bond acceptors (Lipinski definition) is 3. The topological polar surface area (TPSA) is 34.2 Å². The van der Waals surface area contributed by atoms with Crippen molar-refractivity contribution in [1.82, 2.24) is 4.98 Å². The van der Waals surface area contributed by atoms with Crippen molar-refractivity contribution in [1.29, 1.82) is 0 Å². The molecule has 1 aliphatic heterocycles. The maximum atomic E-state index is 5.33. The highest BCUT2D eigenvalue weighted by molar-refractivity contribution is 5.42. The molecule has 1 fully saturated rings. The zero-order chi connectivity index (χ0) is 10.5. The van der Waals surface area contributed by atoms with Gasteiger partial charge in [-0.05, 0) is 37.3 Å². The van der Waals surface area contributed by atoms with Gasteiger partial charge in [-0.25, -0.2) is 0 Å². The maximum absolute atomic E-state index is 5.33. The molecule has 0 aliphatic carbocycles. The number of ether oxygens (including phenoxy) is 1. The minimum atomic E-state index is 0.749. The van der Waals surface area contributed by atoms with E-state index in [-0.39, 0.29) is 0 Å². The van der Waals surface area contributed by atoms with Crippen LogP contribution < -0.4 is 5.32 Å². The molecule has 82 valence electrons. The Labute approximate surface area is 90.9 Å². The number of rotatable bonds is 3. The smallest absolute Gasteiger partial charge is 0.0529 e. The third kappa shape index (κ3) is 3.20. The molecule has 1 N–H and O–H groups in total. The van der Waals surface area contributed by atoms with Crippen LogP contribution in [0.2, 0.25) is 0 Å². The number of hydrogen-bond donors (Lipinski definition) is 1. The van der Waals surface area contributed by atoms with Crippen LogP contribution in [0.3, 0.4) is 0 Å². The summed E-state index contributed by atoms with van der Waals surface area (Å²) >= 11 is 0. The highest BCUT2D eigenvalue weighted by atomic mass is 16.5. The lowest BCUT2D eigenvalue weighted by molar-refractivity contribution is 0.0699. The molecule has 15 heavy (non-hydrogen) atoms. The zero-order valence-corrected chi connectivity index (χ0v) is 9.20. The summed E-state index contributed by atoms with van der Waals surface area (Å²) in [5, 5.41) is 3.44. The van der Waals surface area contributed by atoms with Crippen molar-refractivity contribution in [2.24, 2.45) is 5.92 Å². The van der Waals surface area contributed by atoms with Crippen molar-refractivity contribution < 1.29 is 4.74 Å². The molecule has 0 spiro atoms. The molecule has 3 heteroatoms. The first-order chi connectivity index (χ1) is 7.34. The second-order valence-electron chi connectivity index (χ2n) is 4.19. The van der Waals surface area contributed by atoms with Crippen LogP contribution in [0.1, 0.15) is 18.4 Å². The van der Waals surface area contributed by atoms with Crippen LogP contribution in [0, 0.1) is 12.8 Å². The summed E-state index contributed by atoms with van der Waals surface area (Å²) in [4.78, 5) is 4.16. The van der Waals surface area contributed by atoms with E-state index in [0.717, 1.165) is 31.4 Å². The van der Waals surface area contributed by atoms with Crippen molar-refractivity contribution in [3.8, 4) is 0 Å². The molecule has 0 unspecified atom stereocenters. The van der Waals surface area contributed by atoms with Gasteiger partial charge in [-0.15, -0.1) is 0 Å². The molecule has 0 aromatic carbocycles. The zero-order valence-electron chi connectivity index (χ0n) is 9.20. The van der Waals surface area contributed by atoms with Crippen molar-refractivity contribution in [2.75, 3.05) is 25.1 Å². The standard InChI is InChI=1S/C12H18N2O/c1-10-6-12(9-13-7-10)14-8-11-2-4-15-5-3-11/h6-7,9,11,14H,2-5,8H2,1H3. The minimum Gasteiger partial charge on any atom is -0.384 e. The average molecular weight is 206 g/mol. The Bertz CT molecular complexity index is 308. The number of nitrogens with one attached hydrogen (secondary N) is 1. The van der Waals surface area contributed by atoms with E-state index >= 15 is 0 Å². The third-order valence-corrected chi connectivity index (χ3v) is 2.81. The summed E-state index contributed by atoms with van der Waals surface area (Å²) in [6, 6.07) is 2.13. The highest BCUT2D eigenvalue weighted by Crippen LogP contribution is 2.16. The summed E-state index contributed by atoms with van der Waals surface area (Å²) in [6.45, 7) is 4.93. The van der Waals surface area contributed by atoms with Gasteiger partial charge in [0, 0.05) is 32.2 Å².